The molecule has 2 fully saturated rings. The van der Waals surface area contributed by atoms with Gasteiger partial charge in [0.2, 0.25) is 0 Å². The number of halogens is 2. The topological polar surface area (TPSA) is 60.8 Å². The maximum atomic E-state index is 14.2. The predicted octanol–water partition coefficient (Wildman–Crippen LogP) is 7.50. The zero-order chi connectivity index (χ0) is 29.9. The van der Waals surface area contributed by atoms with Gasteiger partial charge >= 0.3 is 0 Å². The van der Waals surface area contributed by atoms with Crippen LogP contribution in [0, 0.1) is 17.0 Å². The maximum absolute atomic E-state index is 14.2. The minimum Gasteiger partial charge on any atom is -0.393 e. The molecular formula is C36H47F2NO3. The molecule has 2 aromatic rings. The number of ketones is 1. The van der Waals surface area contributed by atoms with Crippen molar-refractivity contribution in [3.8, 4) is 0 Å². The molecule has 1 heterocycles. The van der Waals surface area contributed by atoms with Gasteiger partial charge in [-0.05, 0) is 119 Å². The monoisotopic (exact) mass is 579 g/mol. The fourth-order valence-electron chi connectivity index (χ4n) is 7.83. The molecule has 2 N–H and O–H groups in total. The molecule has 228 valence electrons. The molecule has 0 aromatic heterocycles. The molecular weight excluding hydrogens is 532 g/mol. The van der Waals surface area contributed by atoms with Gasteiger partial charge in [0, 0.05) is 23.1 Å². The van der Waals surface area contributed by atoms with Crippen molar-refractivity contribution >= 4 is 5.78 Å². The molecule has 1 aliphatic heterocycles. The van der Waals surface area contributed by atoms with Gasteiger partial charge in [0.1, 0.15) is 0 Å². The molecule has 6 heteroatoms. The third-order valence-electron chi connectivity index (χ3n) is 10.5. The summed E-state index contributed by atoms with van der Waals surface area (Å²) in [6.45, 7) is 6.94. The van der Waals surface area contributed by atoms with E-state index >= 15 is 0 Å². The van der Waals surface area contributed by atoms with E-state index in [0.717, 1.165) is 74.9 Å². The number of hydrogen-bond acceptors (Lipinski definition) is 4. The van der Waals surface area contributed by atoms with Crippen LogP contribution in [0.4, 0.5) is 8.78 Å². The van der Waals surface area contributed by atoms with Gasteiger partial charge in [-0.2, -0.15) is 0 Å². The van der Waals surface area contributed by atoms with E-state index in [9.17, 15) is 23.8 Å². The minimum atomic E-state index is -1.05. The first-order chi connectivity index (χ1) is 20.1. The first-order valence-electron chi connectivity index (χ1n) is 16.0. The van der Waals surface area contributed by atoms with Gasteiger partial charge < -0.3 is 15.1 Å². The van der Waals surface area contributed by atoms with Gasteiger partial charge in [0.05, 0.1) is 11.7 Å². The standard InChI is InChI=1S/C36H47F2NO3/c1-25-9-8-17-35(2)31(16-18-36(35,42)24-39-19-6-4-3-5-7-20-39)29-14-11-26(21-28(40)13-10-25)22-30(29)34(41)27-12-15-32(37)33(38)23-27/h9,11-12,14-15,22-23,28,31,40,42H,3-8,10,13,16-21,24H2,1-2H3. The number of carbonyl (C=O) groups excluding carboxylic acids is 1. The Morgan fingerprint density at radius 1 is 0.976 bits per heavy atom. The molecule has 2 bridgehead atoms. The number of likely N-dealkylation sites (tertiary alicyclic amines) is 1. The second-order valence-corrected chi connectivity index (χ2v) is 13.4. The number of benzene rings is 2. The number of fused-ring (bicyclic) bond motifs is 8. The number of aliphatic hydroxyl groups excluding tert-OH is 1. The molecule has 0 spiro atoms. The van der Waals surface area contributed by atoms with E-state index in [1.54, 1.807) is 0 Å². The molecule has 6 rings (SSSR count). The minimum absolute atomic E-state index is 0.0860. The lowest BCUT2D eigenvalue weighted by Crippen LogP contribution is -2.53. The fraction of sp³-hybridized carbons (Fsp3) is 0.583. The van der Waals surface area contributed by atoms with Crippen LogP contribution < -0.4 is 0 Å². The van der Waals surface area contributed by atoms with Crippen molar-refractivity contribution in [2.45, 2.75) is 109 Å². The Balaban J connectivity index is 1.58. The first kappa shape index (κ1) is 31.0. The summed E-state index contributed by atoms with van der Waals surface area (Å²) in [5.74, 6) is -2.48. The van der Waals surface area contributed by atoms with Crippen LogP contribution in [0.5, 0.6) is 0 Å². The summed E-state index contributed by atoms with van der Waals surface area (Å²) in [6, 6.07) is 9.13. The molecule has 4 unspecified atom stereocenters. The van der Waals surface area contributed by atoms with E-state index in [-0.39, 0.29) is 17.3 Å². The average molecular weight is 580 g/mol. The van der Waals surface area contributed by atoms with Gasteiger partial charge in [-0.15, -0.1) is 0 Å². The van der Waals surface area contributed by atoms with E-state index in [0.29, 0.717) is 31.4 Å². The Morgan fingerprint density at radius 3 is 2.45 bits per heavy atom. The zero-order valence-corrected chi connectivity index (χ0v) is 25.3. The highest BCUT2D eigenvalue weighted by Crippen LogP contribution is 2.59. The quantitative estimate of drug-likeness (QED) is 0.291. The summed E-state index contributed by atoms with van der Waals surface area (Å²) in [5, 5.41) is 23.4. The van der Waals surface area contributed by atoms with Crippen LogP contribution in [0.15, 0.2) is 48.0 Å². The Kier molecular flexibility index (Phi) is 9.66. The Bertz CT molecular complexity index is 1300. The normalized spacial score (nSPS) is 29.7. The molecule has 0 radical (unpaired) electrons. The largest absolute Gasteiger partial charge is 0.393 e. The highest BCUT2D eigenvalue weighted by Gasteiger charge is 2.57. The van der Waals surface area contributed by atoms with Crippen molar-refractivity contribution in [3.63, 3.8) is 0 Å². The number of β-amino-alcohol motifs (C(OH)–C–C–N with tert-alkyl or cyclic N) is 1. The molecule has 0 amide bonds. The van der Waals surface area contributed by atoms with Crippen molar-refractivity contribution in [1.29, 1.82) is 0 Å². The Hall–Kier alpha value is -2.41. The molecule has 4 aliphatic rings. The molecule has 4 atom stereocenters. The Labute approximate surface area is 249 Å². The number of allylic oxidation sites excluding steroid dienone is 2. The van der Waals surface area contributed by atoms with Gasteiger partial charge in [0.25, 0.3) is 0 Å². The van der Waals surface area contributed by atoms with Crippen molar-refractivity contribution < 1.29 is 23.8 Å². The molecule has 2 aromatic carbocycles. The van der Waals surface area contributed by atoms with Gasteiger partial charge in [-0.1, -0.05) is 50.0 Å². The molecule has 1 saturated heterocycles. The summed E-state index contributed by atoms with van der Waals surface area (Å²) in [7, 11) is 0. The first-order valence-corrected chi connectivity index (χ1v) is 16.0. The van der Waals surface area contributed by atoms with E-state index in [1.807, 2.05) is 18.2 Å². The van der Waals surface area contributed by atoms with Gasteiger partial charge in [-0.25, -0.2) is 8.78 Å². The Morgan fingerprint density at radius 2 is 1.71 bits per heavy atom. The highest BCUT2D eigenvalue weighted by atomic mass is 19.2. The van der Waals surface area contributed by atoms with E-state index in [1.165, 1.54) is 30.9 Å². The van der Waals surface area contributed by atoms with Crippen LogP contribution in [0.25, 0.3) is 0 Å². The molecule has 1 saturated carbocycles. The lowest BCUT2D eigenvalue weighted by Gasteiger charge is -2.46. The zero-order valence-electron chi connectivity index (χ0n) is 25.3. The van der Waals surface area contributed by atoms with E-state index in [2.05, 4.69) is 24.8 Å². The summed E-state index contributed by atoms with van der Waals surface area (Å²) in [4.78, 5) is 16.4. The number of rotatable bonds is 4. The van der Waals surface area contributed by atoms with Crippen molar-refractivity contribution in [2.75, 3.05) is 19.6 Å². The van der Waals surface area contributed by atoms with Crippen molar-refractivity contribution in [2.24, 2.45) is 5.41 Å². The maximum Gasteiger partial charge on any atom is 0.193 e. The lowest BCUT2D eigenvalue weighted by molar-refractivity contribution is -0.0843. The van der Waals surface area contributed by atoms with Crippen molar-refractivity contribution in [3.05, 3.63) is 81.9 Å². The fourth-order valence-corrected chi connectivity index (χ4v) is 7.83. The second kappa shape index (κ2) is 13.1. The van der Waals surface area contributed by atoms with Crippen LogP contribution in [-0.2, 0) is 6.42 Å². The summed E-state index contributed by atoms with van der Waals surface area (Å²) >= 11 is 0. The van der Waals surface area contributed by atoms with Gasteiger partial charge in [0.15, 0.2) is 17.4 Å². The summed E-state index contributed by atoms with van der Waals surface area (Å²) in [5.41, 5.74) is 2.08. The molecule has 3 aliphatic carbocycles. The predicted molar refractivity (Wildman–Crippen MR) is 163 cm³/mol. The number of hydrogen-bond donors (Lipinski definition) is 2. The highest BCUT2D eigenvalue weighted by molar-refractivity contribution is 6.10. The lowest BCUT2D eigenvalue weighted by atomic mass is 9.64. The summed E-state index contributed by atoms with van der Waals surface area (Å²) in [6.07, 6.45) is 12.5. The van der Waals surface area contributed by atoms with E-state index in [4.69, 9.17) is 0 Å². The average Bonchev–Trinajstić information content (AvgIpc) is 3.19. The second-order valence-electron chi connectivity index (χ2n) is 13.4. The third-order valence-corrected chi connectivity index (χ3v) is 10.5. The number of nitrogens with zero attached hydrogens (tertiary/aromatic N) is 1. The van der Waals surface area contributed by atoms with Crippen LogP contribution in [-0.4, -0.2) is 52.2 Å². The van der Waals surface area contributed by atoms with Crippen molar-refractivity contribution in [1.82, 2.24) is 4.90 Å². The van der Waals surface area contributed by atoms with Crippen LogP contribution >= 0.6 is 0 Å². The molecule has 4 nitrogen and oxygen atoms in total. The van der Waals surface area contributed by atoms with E-state index < -0.39 is 28.8 Å². The summed E-state index contributed by atoms with van der Waals surface area (Å²) < 4.78 is 28.0. The molecule has 42 heavy (non-hydrogen) atoms. The van der Waals surface area contributed by atoms with Crippen LogP contribution in [0.2, 0.25) is 0 Å². The van der Waals surface area contributed by atoms with Gasteiger partial charge in [-0.3, -0.25) is 4.79 Å². The third kappa shape index (κ3) is 6.56. The van der Waals surface area contributed by atoms with Crippen LogP contribution in [0.1, 0.15) is 117 Å². The number of carbonyl (C=O) groups is 1. The number of aliphatic hydroxyl groups is 2. The van der Waals surface area contributed by atoms with Crippen LogP contribution in [0.3, 0.4) is 0 Å². The smallest absolute Gasteiger partial charge is 0.193 e. The SMILES string of the molecule is CC1=CCCC2(C)C(CCC2(O)CN2CCCCCCC2)c2ccc(cc2C(=O)c2ccc(F)c(F)c2)CC(O)CC1.